The fourth-order valence-electron chi connectivity index (χ4n) is 2.18. The first-order valence-electron chi connectivity index (χ1n) is 6.54. The molecule has 0 aliphatic carbocycles. The Balaban J connectivity index is 2.52. The van der Waals surface area contributed by atoms with E-state index in [9.17, 15) is 40.5 Å². The molecule has 0 N–H and O–H groups in total. The lowest BCUT2D eigenvalue weighted by Gasteiger charge is -2.05. The van der Waals surface area contributed by atoms with Crippen molar-refractivity contribution in [1.29, 1.82) is 0 Å². The highest BCUT2D eigenvalue weighted by Crippen LogP contribution is 2.31. The Kier molecular flexibility index (Phi) is 4.63. The molecular formula is C13H8N4O8. The van der Waals surface area contributed by atoms with Crippen molar-refractivity contribution in [3.05, 3.63) is 88.0 Å². The minimum atomic E-state index is -0.834. The Morgan fingerprint density at radius 2 is 0.960 bits per heavy atom. The van der Waals surface area contributed by atoms with Crippen molar-refractivity contribution in [2.24, 2.45) is 0 Å². The number of hydrogen-bond donors (Lipinski definition) is 0. The van der Waals surface area contributed by atoms with Gasteiger partial charge in [-0.1, -0.05) is 0 Å². The summed E-state index contributed by atoms with van der Waals surface area (Å²) in [5.74, 6) is 0. The van der Waals surface area contributed by atoms with E-state index in [4.69, 9.17) is 0 Å². The van der Waals surface area contributed by atoms with E-state index in [-0.39, 0.29) is 17.5 Å². The van der Waals surface area contributed by atoms with E-state index in [0.29, 0.717) is 0 Å². The van der Waals surface area contributed by atoms with E-state index in [1.807, 2.05) is 0 Å². The molecule has 0 saturated carbocycles. The van der Waals surface area contributed by atoms with Gasteiger partial charge in [-0.15, -0.1) is 0 Å². The van der Waals surface area contributed by atoms with Gasteiger partial charge in [0.15, 0.2) is 0 Å². The summed E-state index contributed by atoms with van der Waals surface area (Å²) >= 11 is 0. The molecule has 0 spiro atoms. The maximum atomic E-state index is 11.1. The molecule has 12 heteroatoms. The van der Waals surface area contributed by atoms with Crippen LogP contribution in [0, 0.1) is 40.5 Å². The maximum Gasteiger partial charge on any atom is 0.279 e. The van der Waals surface area contributed by atoms with Gasteiger partial charge in [0.1, 0.15) is 0 Å². The van der Waals surface area contributed by atoms with Crippen LogP contribution in [0.15, 0.2) is 36.4 Å². The Bertz CT molecular complexity index is 837. The van der Waals surface area contributed by atoms with Crippen LogP contribution in [-0.4, -0.2) is 19.7 Å². The van der Waals surface area contributed by atoms with Crippen LogP contribution >= 0.6 is 0 Å². The molecule has 0 atom stereocenters. The number of rotatable bonds is 6. The molecule has 2 aromatic rings. The van der Waals surface area contributed by atoms with Crippen molar-refractivity contribution < 1.29 is 19.7 Å². The van der Waals surface area contributed by atoms with E-state index in [2.05, 4.69) is 0 Å². The van der Waals surface area contributed by atoms with Crippen LogP contribution in [0.2, 0.25) is 0 Å². The van der Waals surface area contributed by atoms with Gasteiger partial charge < -0.3 is 0 Å². The number of nitrogens with zero attached hydrogens (tertiary/aromatic N) is 4. The lowest BCUT2D eigenvalue weighted by molar-refractivity contribution is -0.395. The standard InChI is InChI=1S/C13H8N4O8/c18-14(19)10-3-1-8(12(6-10)16(22)23)5-9-2-4-11(15(20)21)7-13(9)17(24)25/h1-4,6-7H,5H2. The second-order valence-electron chi connectivity index (χ2n) is 4.83. The molecule has 0 saturated heterocycles. The molecule has 128 valence electrons. The summed E-state index contributed by atoms with van der Waals surface area (Å²) in [7, 11) is 0. The van der Waals surface area contributed by atoms with E-state index >= 15 is 0 Å². The molecule has 0 aliphatic heterocycles. The van der Waals surface area contributed by atoms with Crippen molar-refractivity contribution in [3.63, 3.8) is 0 Å². The van der Waals surface area contributed by atoms with Gasteiger partial charge in [-0.2, -0.15) is 0 Å². The summed E-state index contributed by atoms with van der Waals surface area (Å²) < 4.78 is 0. The van der Waals surface area contributed by atoms with Gasteiger partial charge in [-0.25, -0.2) is 0 Å². The minimum absolute atomic E-state index is 0.00699. The van der Waals surface area contributed by atoms with Crippen LogP contribution in [0.3, 0.4) is 0 Å². The molecule has 25 heavy (non-hydrogen) atoms. The monoisotopic (exact) mass is 348 g/mol. The summed E-state index contributed by atoms with van der Waals surface area (Å²) in [5, 5.41) is 43.7. The van der Waals surface area contributed by atoms with Crippen molar-refractivity contribution in [1.82, 2.24) is 0 Å². The second kappa shape index (κ2) is 6.66. The number of benzene rings is 2. The van der Waals surface area contributed by atoms with Crippen LogP contribution in [0.1, 0.15) is 11.1 Å². The first-order valence-corrected chi connectivity index (χ1v) is 6.54. The van der Waals surface area contributed by atoms with Crippen molar-refractivity contribution >= 4 is 22.7 Å². The summed E-state index contributed by atoms with van der Waals surface area (Å²) in [6.07, 6.45) is -0.289. The zero-order valence-corrected chi connectivity index (χ0v) is 12.2. The lowest BCUT2D eigenvalue weighted by atomic mass is 10.0. The van der Waals surface area contributed by atoms with Gasteiger partial charge in [-0.3, -0.25) is 40.5 Å². The van der Waals surface area contributed by atoms with Gasteiger partial charge in [0.05, 0.1) is 31.8 Å². The highest BCUT2D eigenvalue weighted by Gasteiger charge is 2.24. The zero-order valence-electron chi connectivity index (χ0n) is 12.2. The fraction of sp³-hybridized carbons (Fsp3) is 0.0769. The van der Waals surface area contributed by atoms with E-state index in [1.165, 1.54) is 0 Å². The van der Waals surface area contributed by atoms with Gasteiger partial charge in [0.25, 0.3) is 22.7 Å². The second-order valence-corrected chi connectivity index (χ2v) is 4.83. The van der Waals surface area contributed by atoms with E-state index < -0.39 is 42.4 Å². The average molecular weight is 348 g/mol. The molecule has 2 aromatic carbocycles. The fourth-order valence-corrected chi connectivity index (χ4v) is 2.18. The first kappa shape index (κ1) is 17.4. The van der Waals surface area contributed by atoms with E-state index in [1.54, 1.807) is 0 Å². The van der Waals surface area contributed by atoms with Gasteiger partial charge >= 0.3 is 0 Å². The van der Waals surface area contributed by atoms with Crippen molar-refractivity contribution in [2.75, 3.05) is 0 Å². The molecular weight excluding hydrogens is 340 g/mol. The van der Waals surface area contributed by atoms with Crippen LogP contribution in [0.5, 0.6) is 0 Å². The molecule has 2 rings (SSSR count). The summed E-state index contributed by atoms with van der Waals surface area (Å²) in [6.45, 7) is 0. The predicted octanol–water partition coefficient (Wildman–Crippen LogP) is 2.91. The molecule has 0 radical (unpaired) electrons. The van der Waals surface area contributed by atoms with Crippen LogP contribution in [0.4, 0.5) is 22.7 Å². The van der Waals surface area contributed by atoms with Gasteiger partial charge in [0.2, 0.25) is 0 Å². The average Bonchev–Trinajstić information content (AvgIpc) is 2.54. The maximum absolute atomic E-state index is 11.1. The number of hydrogen-bond acceptors (Lipinski definition) is 8. The quantitative estimate of drug-likeness (QED) is 0.565. The number of non-ortho nitro benzene ring substituents is 2. The summed E-state index contributed by atoms with van der Waals surface area (Å²) in [5.41, 5.74) is -2.11. The smallest absolute Gasteiger partial charge is 0.258 e. The van der Waals surface area contributed by atoms with Gasteiger partial charge in [0, 0.05) is 29.7 Å². The Hall–Kier alpha value is -3.96. The third kappa shape index (κ3) is 3.69. The molecule has 12 nitrogen and oxygen atoms in total. The first-order chi connectivity index (χ1) is 11.7. The highest BCUT2D eigenvalue weighted by atomic mass is 16.6. The predicted molar refractivity (Wildman–Crippen MR) is 82.3 cm³/mol. The SMILES string of the molecule is O=[N+]([O-])c1ccc(Cc2ccc([N+](=O)[O-])cc2[N+](=O)[O-])c([N+](=O)[O-])c1. The van der Waals surface area contributed by atoms with Crippen LogP contribution < -0.4 is 0 Å². The lowest BCUT2D eigenvalue weighted by Crippen LogP contribution is -2.02. The Morgan fingerprint density at radius 3 is 1.24 bits per heavy atom. The summed E-state index contributed by atoms with van der Waals surface area (Å²) in [6, 6.07) is 5.85. The Labute approximate surface area is 137 Å². The third-order valence-corrected chi connectivity index (χ3v) is 3.33. The molecule has 0 aromatic heterocycles. The normalized spacial score (nSPS) is 10.2. The number of nitro groups is 4. The van der Waals surface area contributed by atoms with E-state index in [0.717, 1.165) is 36.4 Å². The molecule has 0 heterocycles. The van der Waals surface area contributed by atoms with Crippen molar-refractivity contribution in [3.8, 4) is 0 Å². The van der Waals surface area contributed by atoms with Crippen LogP contribution in [-0.2, 0) is 6.42 Å². The van der Waals surface area contributed by atoms with Crippen LogP contribution in [0.25, 0.3) is 0 Å². The third-order valence-electron chi connectivity index (χ3n) is 3.33. The zero-order chi connectivity index (χ0) is 18.7. The molecule has 0 aliphatic rings. The summed E-state index contributed by atoms with van der Waals surface area (Å²) in [4.78, 5) is 40.4. The molecule has 0 fully saturated rings. The Morgan fingerprint density at radius 1 is 0.600 bits per heavy atom. The molecule has 0 unspecified atom stereocenters. The van der Waals surface area contributed by atoms with Crippen molar-refractivity contribution in [2.45, 2.75) is 6.42 Å². The largest absolute Gasteiger partial charge is 0.279 e. The minimum Gasteiger partial charge on any atom is -0.258 e. The molecule has 0 amide bonds. The van der Waals surface area contributed by atoms with Gasteiger partial charge in [-0.05, 0) is 12.1 Å². The highest BCUT2D eigenvalue weighted by molar-refractivity contribution is 5.55. The topological polar surface area (TPSA) is 173 Å². The molecule has 0 bridgehead atoms. The number of nitro benzene ring substituents is 4.